The highest BCUT2D eigenvalue weighted by Gasteiger charge is 2.14. The third-order valence-electron chi connectivity index (χ3n) is 4.53. The van der Waals surface area contributed by atoms with E-state index in [1.807, 2.05) is 35.9 Å². The number of benzene rings is 1. The van der Waals surface area contributed by atoms with Crippen LogP contribution in [0.1, 0.15) is 49.9 Å². The van der Waals surface area contributed by atoms with Crippen molar-refractivity contribution >= 4 is 22.8 Å². The standard InChI is InChI=1S/C19H28N4O2/c1-4-6-9-14(5-2)12-20-19(25)22-21-18(24)16-13-23(3)17-11-8-7-10-15(16)17/h7-8,10-11,13-14H,4-6,9,12H2,1-3H3,(H,21,24)(H2,20,22,25)/t14-/m0/s1. The van der Waals surface area contributed by atoms with Crippen molar-refractivity contribution in [3.8, 4) is 0 Å². The summed E-state index contributed by atoms with van der Waals surface area (Å²) in [5.41, 5.74) is 6.41. The molecule has 0 saturated carbocycles. The number of unbranched alkanes of at least 4 members (excludes halogenated alkanes) is 1. The molecule has 6 nitrogen and oxygen atoms in total. The van der Waals surface area contributed by atoms with Gasteiger partial charge in [-0.1, -0.05) is 51.3 Å². The summed E-state index contributed by atoms with van der Waals surface area (Å²) in [5, 5.41) is 3.68. The molecule has 0 spiro atoms. The number of aromatic nitrogens is 1. The van der Waals surface area contributed by atoms with Gasteiger partial charge in [0.1, 0.15) is 0 Å². The smallest absolute Gasteiger partial charge is 0.333 e. The van der Waals surface area contributed by atoms with E-state index in [1.54, 1.807) is 6.20 Å². The first-order chi connectivity index (χ1) is 12.1. The third kappa shape index (κ3) is 4.98. The van der Waals surface area contributed by atoms with E-state index in [2.05, 4.69) is 30.0 Å². The van der Waals surface area contributed by atoms with E-state index >= 15 is 0 Å². The van der Waals surface area contributed by atoms with Gasteiger partial charge in [-0.3, -0.25) is 10.2 Å². The Bertz CT molecular complexity index is 723. The molecular weight excluding hydrogens is 316 g/mol. The van der Waals surface area contributed by atoms with E-state index < -0.39 is 0 Å². The first kappa shape index (κ1) is 18.8. The number of carbonyl (C=O) groups excluding carboxylic acids is 2. The minimum atomic E-state index is -0.386. The number of para-hydroxylation sites is 1. The van der Waals surface area contributed by atoms with Gasteiger partial charge in [-0.2, -0.15) is 0 Å². The summed E-state index contributed by atoms with van der Waals surface area (Å²) in [6.45, 7) is 4.91. The lowest BCUT2D eigenvalue weighted by Crippen LogP contribution is -2.47. The topological polar surface area (TPSA) is 75.2 Å². The number of nitrogens with one attached hydrogen (secondary N) is 3. The van der Waals surface area contributed by atoms with E-state index in [0.717, 1.165) is 30.2 Å². The second-order valence-electron chi connectivity index (χ2n) is 6.38. The Balaban J connectivity index is 1.85. The van der Waals surface area contributed by atoms with Crippen LogP contribution in [0.3, 0.4) is 0 Å². The lowest BCUT2D eigenvalue weighted by Gasteiger charge is -2.15. The summed E-state index contributed by atoms with van der Waals surface area (Å²) in [7, 11) is 1.89. The summed E-state index contributed by atoms with van der Waals surface area (Å²) in [5.74, 6) is 0.143. The molecule has 0 radical (unpaired) electrons. The van der Waals surface area contributed by atoms with E-state index in [9.17, 15) is 9.59 Å². The number of hydrogen-bond donors (Lipinski definition) is 3. The van der Waals surface area contributed by atoms with Crippen LogP contribution in [-0.4, -0.2) is 23.1 Å². The van der Waals surface area contributed by atoms with Crippen molar-refractivity contribution in [3.05, 3.63) is 36.0 Å². The maximum absolute atomic E-state index is 12.3. The molecule has 0 bridgehead atoms. The Morgan fingerprint density at radius 1 is 1.16 bits per heavy atom. The zero-order valence-corrected chi connectivity index (χ0v) is 15.3. The largest absolute Gasteiger partial charge is 0.350 e. The Hall–Kier alpha value is -2.50. The second kappa shape index (κ2) is 9.11. The number of hydrazine groups is 1. The van der Waals surface area contributed by atoms with Crippen LogP contribution in [0.2, 0.25) is 0 Å². The molecule has 1 aromatic carbocycles. The van der Waals surface area contributed by atoms with Crippen LogP contribution in [0.4, 0.5) is 4.79 Å². The number of carbonyl (C=O) groups is 2. The third-order valence-corrected chi connectivity index (χ3v) is 4.53. The highest BCUT2D eigenvalue weighted by atomic mass is 16.2. The first-order valence-electron chi connectivity index (χ1n) is 8.95. The molecular formula is C19H28N4O2. The van der Waals surface area contributed by atoms with Crippen molar-refractivity contribution in [3.63, 3.8) is 0 Å². The van der Waals surface area contributed by atoms with Crippen molar-refractivity contribution in [2.75, 3.05) is 6.54 Å². The monoisotopic (exact) mass is 344 g/mol. The van der Waals surface area contributed by atoms with Crippen molar-refractivity contribution in [1.82, 2.24) is 20.7 Å². The van der Waals surface area contributed by atoms with Gasteiger partial charge in [-0.15, -0.1) is 0 Å². The lowest BCUT2D eigenvalue weighted by atomic mass is 9.99. The molecule has 0 saturated heterocycles. The molecule has 0 unspecified atom stereocenters. The molecule has 1 aromatic heterocycles. The summed E-state index contributed by atoms with van der Waals surface area (Å²) in [6, 6.07) is 7.28. The first-order valence-corrected chi connectivity index (χ1v) is 8.95. The van der Waals surface area contributed by atoms with E-state index in [-0.39, 0.29) is 11.9 Å². The zero-order chi connectivity index (χ0) is 18.2. The van der Waals surface area contributed by atoms with Gasteiger partial charge in [0.05, 0.1) is 5.56 Å². The Kier molecular flexibility index (Phi) is 6.86. The summed E-state index contributed by atoms with van der Waals surface area (Å²) in [6.07, 6.45) is 6.22. The predicted molar refractivity (Wildman–Crippen MR) is 100 cm³/mol. The van der Waals surface area contributed by atoms with Gasteiger partial charge >= 0.3 is 6.03 Å². The summed E-state index contributed by atoms with van der Waals surface area (Å²) in [4.78, 5) is 24.2. The lowest BCUT2D eigenvalue weighted by molar-refractivity contribution is 0.0937. The fraction of sp³-hybridized carbons (Fsp3) is 0.474. The maximum Gasteiger partial charge on any atom is 0.333 e. The van der Waals surface area contributed by atoms with Gasteiger partial charge in [0.25, 0.3) is 5.91 Å². The molecule has 1 atom stereocenters. The molecule has 1 heterocycles. The maximum atomic E-state index is 12.3. The molecule has 136 valence electrons. The van der Waals surface area contributed by atoms with Crippen molar-refractivity contribution in [2.24, 2.45) is 13.0 Å². The number of hydrogen-bond acceptors (Lipinski definition) is 2. The molecule has 0 aliphatic heterocycles. The minimum Gasteiger partial charge on any atom is -0.350 e. The van der Waals surface area contributed by atoms with Crippen molar-refractivity contribution < 1.29 is 9.59 Å². The van der Waals surface area contributed by atoms with Crippen LogP contribution in [0, 0.1) is 5.92 Å². The van der Waals surface area contributed by atoms with Crippen LogP contribution in [0.15, 0.2) is 30.5 Å². The van der Waals surface area contributed by atoms with Gasteiger partial charge in [-0.05, 0) is 18.4 Å². The predicted octanol–water partition coefficient (Wildman–Crippen LogP) is 3.34. The fourth-order valence-corrected chi connectivity index (χ4v) is 2.93. The Morgan fingerprint density at radius 2 is 1.92 bits per heavy atom. The molecule has 3 N–H and O–H groups in total. The average Bonchev–Trinajstić information content (AvgIpc) is 2.97. The summed E-state index contributed by atoms with van der Waals surface area (Å²) >= 11 is 0. The number of amides is 3. The quantitative estimate of drug-likeness (QED) is 0.674. The normalized spacial score (nSPS) is 12.0. The van der Waals surface area contributed by atoms with Crippen LogP contribution in [-0.2, 0) is 7.05 Å². The molecule has 3 amide bonds. The van der Waals surface area contributed by atoms with Gasteiger partial charge < -0.3 is 9.88 Å². The number of rotatable bonds is 7. The summed E-state index contributed by atoms with van der Waals surface area (Å²) < 4.78 is 1.89. The molecule has 0 aliphatic rings. The fourth-order valence-electron chi connectivity index (χ4n) is 2.93. The number of nitrogens with zero attached hydrogens (tertiary/aromatic N) is 1. The van der Waals surface area contributed by atoms with E-state index in [1.165, 1.54) is 6.42 Å². The second-order valence-corrected chi connectivity index (χ2v) is 6.38. The van der Waals surface area contributed by atoms with E-state index in [0.29, 0.717) is 18.0 Å². The van der Waals surface area contributed by atoms with E-state index in [4.69, 9.17) is 0 Å². The highest BCUT2D eigenvalue weighted by molar-refractivity contribution is 6.07. The molecule has 0 aliphatic carbocycles. The minimum absolute atomic E-state index is 0.329. The molecule has 6 heteroatoms. The SMILES string of the molecule is CCCC[C@H](CC)CNC(=O)NNC(=O)c1cn(C)c2ccccc12. The van der Waals surface area contributed by atoms with Crippen molar-refractivity contribution in [2.45, 2.75) is 39.5 Å². The zero-order valence-electron chi connectivity index (χ0n) is 15.3. The Labute approximate surface area is 148 Å². The molecule has 25 heavy (non-hydrogen) atoms. The number of aryl methyl sites for hydroxylation is 1. The highest BCUT2D eigenvalue weighted by Crippen LogP contribution is 2.19. The van der Waals surface area contributed by atoms with Crippen LogP contribution in [0.25, 0.3) is 10.9 Å². The number of fused-ring (bicyclic) bond motifs is 1. The molecule has 2 aromatic rings. The van der Waals surface area contributed by atoms with Gasteiger partial charge in [-0.25, -0.2) is 10.2 Å². The van der Waals surface area contributed by atoms with Crippen LogP contribution < -0.4 is 16.2 Å². The van der Waals surface area contributed by atoms with Gasteiger partial charge in [0.15, 0.2) is 0 Å². The van der Waals surface area contributed by atoms with Gasteiger partial charge in [0, 0.05) is 30.7 Å². The average molecular weight is 344 g/mol. The molecule has 2 rings (SSSR count). The van der Waals surface area contributed by atoms with Gasteiger partial charge in [0.2, 0.25) is 0 Å². The van der Waals surface area contributed by atoms with Crippen LogP contribution in [0.5, 0.6) is 0 Å². The Morgan fingerprint density at radius 3 is 2.64 bits per heavy atom. The number of urea groups is 1. The molecule has 0 fully saturated rings. The van der Waals surface area contributed by atoms with Crippen molar-refractivity contribution in [1.29, 1.82) is 0 Å². The van der Waals surface area contributed by atoms with Crippen LogP contribution >= 0.6 is 0 Å².